The fourth-order valence-corrected chi connectivity index (χ4v) is 2.32. The molecule has 2 N–H and O–H groups in total. The summed E-state index contributed by atoms with van der Waals surface area (Å²) in [5, 5.41) is 10.9. The molecule has 1 unspecified atom stereocenters. The Hall–Kier alpha value is -3.69. The van der Waals surface area contributed by atoms with E-state index in [9.17, 15) is 24.1 Å². The third-order valence-electron chi connectivity index (χ3n) is 3.89. The molecule has 2 aromatic carbocycles. The van der Waals surface area contributed by atoms with Gasteiger partial charge in [0, 0.05) is 6.07 Å². The monoisotopic (exact) mass is 405 g/mol. The number of halogens is 1. The topological polar surface area (TPSA) is 120 Å². The second-order valence-corrected chi connectivity index (χ2v) is 5.97. The van der Waals surface area contributed by atoms with E-state index in [0.29, 0.717) is 18.1 Å². The Labute approximate surface area is 165 Å². The molecular formula is C19H20FN3O6. The zero-order valence-electron chi connectivity index (χ0n) is 16.0. The second kappa shape index (κ2) is 9.49. The highest BCUT2D eigenvalue weighted by Crippen LogP contribution is 2.22. The van der Waals surface area contributed by atoms with Crippen molar-refractivity contribution >= 4 is 17.5 Å². The van der Waals surface area contributed by atoms with E-state index >= 15 is 0 Å². The number of carbonyl (C=O) groups is 2. The van der Waals surface area contributed by atoms with Crippen molar-refractivity contribution in [2.75, 3.05) is 6.61 Å². The van der Waals surface area contributed by atoms with Gasteiger partial charge in [-0.3, -0.25) is 30.6 Å². The van der Waals surface area contributed by atoms with Crippen LogP contribution in [0.3, 0.4) is 0 Å². The Bertz CT molecular complexity index is 917. The van der Waals surface area contributed by atoms with Gasteiger partial charge < -0.3 is 9.47 Å². The molecule has 0 fully saturated rings. The highest BCUT2D eigenvalue weighted by molar-refractivity contribution is 5.96. The summed E-state index contributed by atoms with van der Waals surface area (Å²) >= 11 is 0. The van der Waals surface area contributed by atoms with Gasteiger partial charge in [0.2, 0.25) is 0 Å². The van der Waals surface area contributed by atoms with Crippen LogP contribution >= 0.6 is 0 Å². The minimum absolute atomic E-state index is 0.187. The van der Waals surface area contributed by atoms with Crippen LogP contribution in [0.25, 0.3) is 0 Å². The smallest absolute Gasteiger partial charge is 0.279 e. The molecule has 2 amide bonds. The standard InChI is InChI=1S/C19H20FN3O6/c1-4-28-14-5-7-15(8-6-14)29-12(3)18(24)21-22-19(25)13-9-16(20)11(2)17(10-13)23(26)27/h5-10,12H,4H2,1-3H3,(H,21,24)(H,22,25). The summed E-state index contributed by atoms with van der Waals surface area (Å²) in [5.41, 5.74) is 3.19. The molecule has 0 heterocycles. The Kier molecular flexibility index (Phi) is 7.07. The van der Waals surface area contributed by atoms with Crippen LogP contribution < -0.4 is 20.3 Å². The van der Waals surface area contributed by atoms with Gasteiger partial charge in [0.1, 0.15) is 17.3 Å². The van der Waals surface area contributed by atoms with Gasteiger partial charge in [0.05, 0.1) is 22.7 Å². The molecular weight excluding hydrogens is 385 g/mol. The lowest BCUT2D eigenvalue weighted by Crippen LogP contribution is -2.47. The van der Waals surface area contributed by atoms with Crippen LogP contribution in [0, 0.1) is 22.9 Å². The molecule has 0 aromatic heterocycles. The van der Waals surface area contributed by atoms with Crippen molar-refractivity contribution in [2.24, 2.45) is 0 Å². The van der Waals surface area contributed by atoms with Crippen molar-refractivity contribution in [3.05, 3.63) is 63.5 Å². The van der Waals surface area contributed by atoms with Crippen LogP contribution in [-0.2, 0) is 4.79 Å². The maximum absolute atomic E-state index is 13.8. The average Bonchev–Trinajstić information content (AvgIpc) is 2.69. The molecule has 9 nitrogen and oxygen atoms in total. The highest BCUT2D eigenvalue weighted by atomic mass is 19.1. The summed E-state index contributed by atoms with van der Waals surface area (Å²) in [6, 6.07) is 8.40. The molecule has 2 rings (SSSR count). The van der Waals surface area contributed by atoms with Crippen molar-refractivity contribution in [1.82, 2.24) is 10.9 Å². The van der Waals surface area contributed by atoms with Gasteiger partial charge in [-0.2, -0.15) is 0 Å². The first-order valence-corrected chi connectivity index (χ1v) is 8.67. The number of rotatable bonds is 7. The van der Waals surface area contributed by atoms with Crippen molar-refractivity contribution in [1.29, 1.82) is 0 Å². The second-order valence-electron chi connectivity index (χ2n) is 5.97. The SMILES string of the molecule is CCOc1ccc(OC(C)C(=O)NNC(=O)c2cc(F)c(C)c([N+](=O)[O-])c2)cc1. The summed E-state index contributed by atoms with van der Waals surface area (Å²) in [5.74, 6) is -1.41. The fourth-order valence-electron chi connectivity index (χ4n) is 2.32. The molecule has 0 aliphatic carbocycles. The number of nitrogens with one attached hydrogen (secondary N) is 2. The van der Waals surface area contributed by atoms with Crippen molar-refractivity contribution in [2.45, 2.75) is 26.9 Å². The van der Waals surface area contributed by atoms with Gasteiger partial charge in [-0.05, 0) is 51.1 Å². The molecule has 154 valence electrons. The minimum Gasteiger partial charge on any atom is -0.494 e. The third kappa shape index (κ3) is 5.64. The lowest BCUT2D eigenvalue weighted by Gasteiger charge is -2.15. The van der Waals surface area contributed by atoms with Crippen LogP contribution in [0.5, 0.6) is 11.5 Å². The first-order chi connectivity index (χ1) is 13.7. The van der Waals surface area contributed by atoms with E-state index in [1.165, 1.54) is 13.8 Å². The average molecular weight is 405 g/mol. The maximum atomic E-state index is 13.8. The van der Waals surface area contributed by atoms with Crippen LogP contribution in [-0.4, -0.2) is 29.4 Å². The number of ether oxygens (including phenoxy) is 2. The Morgan fingerprint density at radius 2 is 1.79 bits per heavy atom. The lowest BCUT2D eigenvalue weighted by molar-refractivity contribution is -0.385. The summed E-state index contributed by atoms with van der Waals surface area (Å²) in [6.45, 7) is 5.08. The highest BCUT2D eigenvalue weighted by Gasteiger charge is 2.21. The van der Waals surface area contributed by atoms with Crippen LogP contribution in [0.4, 0.5) is 10.1 Å². The number of carbonyl (C=O) groups excluding carboxylic acids is 2. The number of hydrogen-bond acceptors (Lipinski definition) is 6. The van der Waals surface area contributed by atoms with E-state index < -0.39 is 34.3 Å². The quantitative estimate of drug-likeness (QED) is 0.540. The van der Waals surface area contributed by atoms with Gasteiger partial charge in [0.15, 0.2) is 6.10 Å². The van der Waals surface area contributed by atoms with E-state index in [1.54, 1.807) is 24.3 Å². The van der Waals surface area contributed by atoms with Gasteiger partial charge >= 0.3 is 0 Å². The predicted octanol–water partition coefficient (Wildman–Crippen LogP) is 2.67. The van der Waals surface area contributed by atoms with Crippen LogP contribution in [0.15, 0.2) is 36.4 Å². The van der Waals surface area contributed by atoms with E-state index in [-0.39, 0.29) is 11.1 Å². The van der Waals surface area contributed by atoms with E-state index in [0.717, 1.165) is 12.1 Å². The number of amides is 2. The van der Waals surface area contributed by atoms with E-state index in [1.807, 2.05) is 6.92 Å². The molecule has 0 saturated carbocycles. The van der Waals surface area contributed by atoms with Gasteiger partial charge in [-0.15, -0.1) is 0 Å². The molecule has 0 bridgehead atoms. The molecule has 0 radical (unpaired) electrons. The minimum atomic E-state index is -0.961. The van der Waals surface area contributed by atoms with Crippen molar-refractivity contribution < 1.29 is 28.4 Å². The molecule has 0 aliphatic rings. The summed E-state index contributed by atoms with van der Waals surface area (Å²) in [7, 11) is 0. The van der Waals surface area contributed by atoms with Crippen molar-refractivity contribution in [3.8, 4) is 11.5 Å². The van der Waals surface area contributed by atoms with Gasteiger partial charge in [0.25, 0.3) is 17.5 Å². The fraction of sp³-hybridized carbons (Fsp3) is 0.263. The number of nitro benzene ring substituents is 1. The summed E-state index contributed by atoms with van der Waals surface area (Å²) in [4.78, 5) is 34.3. The molecule has 0 saturated heterocycles. The normalized spacial score (nSPS) is 11.3. The number of benzene rings is 2. The maximum Gasteiger partial charge on any atom is 0.279 e. The molecule has 0 aliphatic heterocycles. The lowest BCUT2D eigenvalue weighted by atomic mass is 10.1. The van der Waals surface area contributed by atoms with E-state index in [2.05, 4.69) is 10.9 Å². The predicted molar refractivity (Wildman–Crippen MR) is 101 cm³/mol. The number of nitrogens with zero attached hydrogens (tertiary/aromatic N) is 1. The zero-order valence-corrected chi connectivity index (χ0v) is 16.0. The zero-order chi connectivity index (χ0) is 21.6. The van der Waals surface area contributed by atoms with Crippen molar-refractivity contribution in [3.63, 3.8) is 0 Å². The number of hydrogen-bond donors (Lipinski definition) is 2. The Balaban J connectivity index is 1.95. The third-order valence-corrected chi connectivity index (χ3v) is 3.89. The molecule has 29 heavy (non-hydrogen) atoms. The molecule has 1 atom stereocenters. The molecule has 2 aromatic rings. The first kappa shape index (κ1) is 21.6. The first-order valence-electron chi connectivity index (χ1n) is 8.67. The van der Waals surface area contributed by atoms with Crippen LogP contribution in [0.2, 0.25) is 0 Å². The number of hydrazine groups is 1. The van der Waals surface area contributed by atoms with E-state index in [4.69, 9.17) is 9.47 Å². The van der Waals surface area contributed by atoms with Gasteiger partial charge in [-0.25, -0.2) is 4.39 Å². The molecule has 10 heteroatoms. The Morgan fingerprint density at radius 3 is 2.38 bits per heavy atom. The summed E-state index contributed by atoms with van der Waals surface area (Å²) in [6.07, 6.45) is -0.961. The number of nitro groups is 1. The Morgan fingerprint density at radius 1 is 1.17 bits per heavy atom. The largest absolute Gasteiger partial charge is 0.494 e. The van der Waals surface area contributed by atoms with Crippen LogP contribution in [0.1, 0.15) is 29.8 Å². The van der Waals surface area contributed by atoms with Gasteiger partial charge in [-0.1, -0.05) is 0 Å². The molecule has 0 spiro atoms. The summed E-state index contributed by atoms with van der Waals surface area (Å²) < 4.78 is 24.6.